The summed E-state index contributed by atoms with van der Waals surface area (Å²) in [4.78, 5) is 12.2. The third-order valence-corrected chi connectivity index (χ3v) is 1.87. The van der Waals surface area contributed by atoms with E-state index in [4.69, 9.17) is 5.73 Å². The van der Waals surface area contributed by atoms with Gasteiger partial charge in [-0.25, -0.2) is 9.97 Å². The number of nitrogen functional groups attached to an aromatic ring is 1. The first-order valence-electron chi connectivity index (χ1n) is 4.25. The van der Waals surface area contributed by atoms with Gasteiger partial charge in [-0.05, 0) is 13.0 Å². The van der Waals surface area contributed by atoms with Crippen LogP contribution in [0.4, 0.5) is 5.69 Å². The van der Waals surface area contributed by atoms with Gasteiger partial charge in [-0.2, -0.15) is 0 Å². The second-order valence-electron chi connectivity index (χ2n) is 3.03. The molecule has 0 radical (unpaired) electrons. The van der Waals surface area contributed by atoms with Crippen LogP contribution in [0.1, 0.15) is 5.82 Å². The van der Waals surface area contributed by atoms with E-state index in [1.807, 2.05) is 13.0 Å². The highest BCUT2D eigenvalue weighted by Gasteiger charge is 1.99. The summed E-state index contributed by atoms with van der Waals surface area (Å²) in [5.41, 5.74) is 8.13. The topological polar surface area (TPSA) is 64.7 Å². The zero-order chi connectivity index (χ0) is 9.97. The molecule has 4 nitrogen and oxygen atoms in total. The Bertz CT molecular complexity index is 436. The molecule has 0 spiro atoms. The number of aryl methyl sites for hydroxylation is 1. The van der Waals surface area contributed by atoms with Crippen LogP contribution >= 0.6 is 0 Å². The van der Waals surface area contributed by atoms with E-state index in [2.05, 4.69) is 15.0 Å². The average Bonchev–Trinajstić information content (AvgIpc) is 2.19. The minimum atomic E-state index is 0.642. The highest BCUT2D eigenvalue weighted by atomic mass is 14.8. The van der Waals surface area contributed by atoms with Crippen molar-refractivity contribution in [2.45, 2.75) is 6.92 Å². The Hall–Kier alpha value is -1.97. The second-order valence-corrected chi connectivity index (χ2v) is 3.03. The molecule has 0 atom stereocenters. The van der Waals surface area contributed by atoms with Gasteiger partial charge in [0.1, 0.15) is 5.82 Å². The van der Waals surface area contributed by atoms with Gasteiger partial charge < -0.3 is 5.73 Å². The quantitative estimate of drug-likeness (QED) is 0.731. The van der Waals surface area contributed by atoms with Crippen molar-refractivity contribution in [1.29, 1.82) is 0 Å². The van der Waals surface area contributed by atoms with Crippen LogP contribution < -0.4 is 5.73 Å². The van der Waals surface area contributed by atoms with Gasteiger partial charge >= 0.3 is 0 Å². The fourth-order valence-electron chi connectivity index (χ4n) is 1.16. The smallest absolute Gasteiger partial charge is 0.125 e. The average molecular weight is 186 g/mol. The van der Waals surface area contributed by atoms with Gasteiger partial charge in [0.05, 0.1) is 5.69 Å². The largest absolute Gasteiger partial charge is 0.397 e. The summed E-state index contributed by atoms with van der Waals surface area (Å²) in [7, 11) is 0. The summed E-state index contributed by atoms with van der Waals surface area (Å²) < 4.78 is 0. The Morgan fingerprint density at radius 3 is 2.36 bits per heavy atom. The van der Waals surface area contributed by atoms with Crippen LogP contribution in [0.5, 0.6) is 0 Å². The molecule has 2 aromatic rings. The van der Waals surface area contributed by atoms with Gasteiger partial charge in [0.15, 0.2) is 0 Å². The summed E-state index contributed by atoms with van der Waals surface area (Å²) >= 11 is 0. The maximum atomic E-state index is 5.62. The molecular weight excluding hydrogens is 176 g/mol. The van der Waals surface area contributed by atoms with E-state index in [9.17, 15) is 0 Å². The maximum absolute atomic E-state index is 5.62. The van der Waals surface area contributed by atoms with E-state index in [-0.39, 0.29) is 0 Å². The normalized spacial score (nSPS) is 10.1. The molecule has 0 aliphatic carbocycles. The molecule has 0 aliphatic rings. The van der Waals surface area contributed by atoms with Crippen LogP contribution in [0.15, 0.2) is 30.9 Å². The van der Waals surface area contributed by atoms with Gasteiger partial charge in [0.2, 0.25) is 0 Å². The van der Waals surface area contributed by atoms with Crippen molar-refractivity contribution in [3.8, 4) is 11.1 Å². The number of anilines is 1. The Morgan fingerprint density at radius 2 is 1.71 bits per heavy atom. The van der Waals surface area contributed by atoms with E-state index in [0.29, 0.717) is 5.69 Å². The lowest BCUT2D eigenvalue weighted by atomic mass is 10.1. The van der Waals surface area contributed by atoms with Gasteiger partial charge in [-0.1, -0.05) is 0 Å². The van der Waals surface area contributed by atoms with Crippen LogP contribution in [-0.2, 0) is 0 Å². The number of nitrogens with zero attached hydrogens (tertiary/aromatic N) is 3. The van der Waals surface area contributed by atoms with E-state index in [1.54, 1.807) is 24.8 Å². The molecule has 0 saturated heterocycles. The van der Waals surface area contributed by atoms with Crippen molar-refractivity contribution in [2.24, 2.45) is 0 Å². The molecule has 70 valence electrons. The minimum absolute atomic E-state index is 0.642. The lowest BCUT2D eigenvalue weighted by Gasteiger charge is -2.00. The van der Waals surface area contributed by atoms with Crippen LogP contribution in [-0.4, -0.2) is 15.0 Å². The standard InChI is InChI=1S/C10H10N4/c1-7-13-4-9(5-14-7)8-2-10(11)6-12-3-8/h2-6H,11H2,1H3. The van der Waals surface area contributed by atoms with Gasteiger partial charge in [-0.3, -0.25) is 4.98 Å². The molecule has 2 rings (SSSR count). The van der Waals surface area contributed by atoms with Crippen LogP contribution in [0, 0.1) is 6.92 Å². The molecule has 0 aliphatic heterocycles. The van der Waals surface area contributed by atoms with Gasteiger partial charge in [0, 0.05) is 35.9 Å². The zero-order valence-corrected chi connectivity index (χ0v) is 7.81. The van der Waals surface area contributed by atoms with Crippen LogP contribution in [0.2, 0.25) is 0 Å². The molecule has 0 unspecified atom stereocenters. The molecule has 2 heterocycles. The molecule has 0 saturated carbocycles. The molecule has 0 bridgehead atoms. The van der Waals surface area contributed by atoms with E-state index in [0.717, 1.165) is 17.0 Å². The molecular formula is C10H10N4. The molecule has 2 N–H and O–H groups in total. The number of rotatable bonds is 1. The third-order valence-electron chi connectivity index (χ3n) is 1.87. The number of hydrogen-bond acceptors (Lipinski definition) is 4. The van der Waals surface area contributed by atoms with Crippen molar-refractivity contribution in [3.63, 3.8) is 0 Å². The highest BCUT2D eigenvalue weighted by molar-refractivity contribution is 5.64. The number of nitrogens with two attached hydrogens (primary N) is 1. The summed E-state index contributed by atoms with van der Waals surface area (Å²) in [6.07, 6.45) is 6.88. The van der Waals surface area contributed by atoms with Crippen molar-refractivity contribution in [2.75, 3.05) is 5.73 Å². The fraction of sp³-hybridized carbons (Fsp3) is 0.100. The fourth-order valence-corrected chi connectivity index (χ4v) is 1.16. The first kappa shape index (κ1) is 8.62. The Morgan fingerprint density at radius 1 is 1.00 bits per heavy atom. The zero-order valence-electron chi connectivity index (χ0n) is 7.81. The first-order chi connectivity index (χ1) is 6.75. The van der Waals surface area contributed by atoms with Crippen molar-refractivity contribution >= 4 is 5.69 Å². The summed E-state index contributed by atoms with van der Waals surface area (Å²) in [5, 5.41) is 0. The lowest BCUT2D eigenvalue weighted by molar-refractivity contribution is 1.05. The Kier molecular flexibility index (Phi) is 2.10. The number of aromatic nitrogens is 3. The third kappa shape index (κ3) is 1.69. The molecule has 4 heteroatoms. The van der Waals surface area contributed by atoms with Crippen LogP contribution in [0.3, 0.4) is 0 Å². The Balaban J connectivity index is 2.44. The van der Waals surface area contributed by atoms with E-state index in [1.165, 1.54) is 0 Å². The predicted molar refractivity (Wildman–Crippen MR) is 54.4 cm³/mol. The van der Waals surface area contributed by atoms with Crippen molar-refractivity contribution < 1.29 is 0 Å². The molecule has 2 aromatic heterocycles. The maximum Gasteiger partial charge on any atom is 0.125 e. The number of pyridine rings is 1. The van der Waals surface area contributed by atoms with Crippen molar-refractivity contribution in [3.05, 3.63) is 36.7 Å². The SMILES string of the molecule is Cc1ncc(-c2cncc(N)c2)cn1. The first-order valence-corrected chi connectivity index (χ1v) is 4.25. The van der Waals surface area contributed by atoms with Crippen LogP contribution in [0.25, 0.3) is 11.1 Å². The molecule has 0 aromatic carbocycles. The monoisotopic (exact) mass is 186 g/mol. The molecule has 0 amide bonds. The van der Waals surface area contributed by atoms with Gasteiger partial charge in [-0.15, -0.1) is 0 Å². The molecule has 14 heavy (non-hydrogen) atoms. The summed E-state index contributed by atoms with van der Waals surface area (Å²) in [6.45, 7) is 1.85. The van der Waals surface area contributed by atoms with Gasteiger partial charge in [0.25, 0.3) is 0 Å². The number of hydrogen-bond donors (Lipinski definition) is 1. The van der Waals surface area contributed by atoms with Crippen molar-refractivity contribution in [1.82, 2.24) is 15.0 Å². The second kappa shape index (κ2) is 3.41. The van der Waals surface area contributed by atoms with E-state index >= 15 is 0 Å². The summed E-state index contributed by atoms with van der Waals surface area (Å²) in [6, 6.07) is 1.85. The Labute approximate surface area is 81.9 Å². The minimum Gasteiger partial charge on any atom is -0.397 e. The van der Waals surface area contributed by atoms with E-state index < -0.39 is 0 Å². The summed E-state index contributed by atoms with van der Waals surface area (Å²) in [5.74, 6) is 0.755. The predicted octanol–water partition coefficient (Wildman–Crippen LogP) is 1.43. The lowest BCUT2D eigenvalue weighted by Crippen LogP contribution is -1.90. The molecule has 0 fully saturated rings. The highest BCUT2D eigenvalue weighted by Crippen LogP contribution is 2.17.